The van der Waals surface area contributed by atoms with Crippen molar-refractivity contribution < 1.29 is 14.3 Å². The van der Waals surface area contributed by atoms with Crippen molar-refractivity contribution in [1.29, 1.82) is 0 Å². The summed E-state index contributed by atoms with van der Waals surface area (Å²) in [5.74, 6) is 2.00. The molecule has 0 aliphatic carbocycles. The highest BCUT2D eigenvalue weighted by molar-refractivity contribution is 5.77. The maximum absolute atomic E-state index is 11.4. The van der Waals surface area contributed by atoms with E-state index in [1.807, 2.05) is 6.07 Å². The molecule has 6 heteroatoms. The average Bonchev–Trinajstić information content (AvgIpc) is 3.17. The number of amides is 1. The third-order valence-electron chi connectivity index (χ3n) is 5.53. The quantitative estimate of drug-likeness (QED) is 0.376. The van der Waals surface area contributed by atoms with Gasteiger partial charge in [0.05, 0.1) is 17.6 Å². The van der Waals surface area contributed by atoms with Gasteiger partial charge in [0.25, 0.3) is 0 Å². The van der Waals surface area contributed by atoms with E-state index in [0.29, 0.717) is 13.2 Å². The smallest absolute Gasteiger partial charge is 0.245 e. The second-order valence-electron chi connectivity index (χ2n) is 7.96. The van der Waals surface area contributed by atoms with Crippen LogP contribution in [0.2, 0.25) is 0 Å². The first-order valence-corrected chi connectivity index (χ1v) is 11.6. The average molecular weight is 438 g/mol. The number of aryl methyl sites for hydroxylation is 3. The summed E-state index contributed by atoms with van der Waals surface area (Å²) in [6.07, 6.45) is 5.95. The summed E-state index contributed by atoms with van der Waals surface area (Å²) in [6.45, 7) is 4.53. The number of fused-ring (bicyclic) bond motifs is 1. The molecule has 3 aromatic rings. The number of unbranched alkanes of at least 4 members (excludes halogenated alkanes) is 2. The second kappa shape index (κ2) is 12.9. The topological polar surface area (TPSA) is 65.4 Å². The SMILES string of the molecule is CCc1ccc(OCCCn2c(CCCCCNC(=O)COC)nc3ccccc32)cc1. The molecule has 0 radical (unpaired) electrons. The number of methoxy groups -OCH3 is 1. The van der Waals surface area contributed by atoms with Gasteiger partial charge in [0, 0.05) is 26.6 Å². The first-order valence-electron chi connectivity index (χ1n) is 11.6. The van der Waals surface area contributed by atoms with Crippen LogP contribution in [0.4, 0.5) is 0 Å². The molecule has 32 heavy (non-hydrogen) atoms. The van der Waals surface area contributed by atoms with Crippen molar-refractivity contribution in [3.63, 3.8) is 0 Å². The molecule has 0 saturated heterocycles. The van der Waals surface area contributed by atoms with Crippen LogP contribution in [0.15, 0.2) is 48.5 Å². The highest BCUT2D eigenvalue weighted by Crippen LogP contribution is 2.19. The molecule has 0 fully saturated rings. The van der Waals surface area contributed by atoms with Crippen molar-refractivity contribution in [3.05, 3.63) is 59.9 Å². The van der Waals surface area contributed by atoms with Crippen LogP contribution < -0.4 is 10.1 Å². The molecule has 0 saturated carbocycles. The summed E-state index contributed by atoms with van der Waals surface area (Å²) in [6, 6.07) is 16.7. The van der Waals surface area contributed by atoms with Crippen molar-refractivity contribution in [3.8, 4) is 5.75 Å². The van der Waals surface area contributed by atoms with Crippen LogP contribution in [0.5, 0.6) is 5.75 Å². The van der Waals surface area contributed by atoms with Gasteiger partial charge in [-0.05, 0) is 55.5 Å². The fourth-order valence-corrected chi connectivity index (χ4v) is 3.79. The number of hydrogen-bond acceptors (Lipinski definition) is 4. The largest absolute Gasteiger partial charge is 0.494 e. The Morgan fingerprint density at radius 3 is 2.62 bits per heavy atom. The van der Waals surface area contributed by atoms with E-state index in [1.54, 1.807) is 0 Å². The zero-order valence-corrected chi connectivity index (χ0v) is 19.3. The molecular formula is C26H35N3O3. The Morgan fingerprint density at radius 2 is 1.84 bits per heavy atom. The Labute approximate surface area is 190 Å². The van der Waals surface area contributed by atoms with Gasteiger partial charge in [0.15, 0.2) is 0 Å². The number of imidazole rings is 1. The Balaban J connectivity index is 1.48. The predicted molar refractivity (Wildman–Crippen MR) is 128 cm³/mol. The molecule has 2 aromatic carbocycles. The first kappa shape index (κ1) is 23.8. The minimum Gasteiger partial charge on any atom is -0.494 e. The van der Waals surface area contributed by atoms with Crippen molar-refractivity contribution in [2.24, 2.45) is 0 Å². The molecule has 0 aliphatic heterocycles. The van der Waals surface area contributed by atoms with Gasteiger partial charge in [-0.15, -0.1) is 0 Å². The lowest BCUT2D eigenvalue weighted by Crippen LogP contribution is -2.27. The summed E-state index contributed by atoms with van der Waals surface area (Å²) >= 11 is 0. The van der Waals surface area contributed by atoms with Crippen molar-refractivity contribution in [2.45, 2.75) is 52.0 Å². The van der Waals surface area contributed by atoms with E-state index in [1.165, 1.54) is 18.2 Å². The molecule has 6 nitrogen and oxygen atoms in total. The van der Waals surface area contributed by atoms with E-state index in [4.69, 9.17) is 14.5 Å². The molecule has 1 N–H and O–H groups in total. The minimum absolute atomic E-state index is 0.0576. The number of nitrogens with one attached hydrogen (secondary N) is 1. The monoisotopic (exact) mass is 437 g/mol. The van der Waals surface area contributed by atoms with Crippen LogP contribution in [-0.4, -0.2) is 42.3 Å². The lowest BCUT2D eigenvalue weighted by Gasteiger charge is -2.11. The van der Waals surface area contributed by atoms with E-state index in [2.05, 4.69) is 59.3 Å². The van der Waals surface area contributed by atoms with Crippen LogP contribution >= 0.6 is 0 Å². The Morgan fingerprint density at radius 1 is 1.03 bits per heavy atom. The maximum Gasteiger partial charge on any atom is 0.245 e. The summed E-state index contributed by atoms with van der Waals surface area (Å²) in [7, 11) is 1.53. The molecule has 0 aliphatic rings. The lowest BCUT2D eigenvalue weighted by atomic mass is 10.2. The Kier molecular flexibility index (Phi) is 9.57. The second-order valence-corrected chi connectivity index (χ2v) is 7.96. The zero-order valence-electron chi connectivity index (χ0n) is 19.3. The van der Waals surface area contributed by atoms with Gasteiger partial charge >= 0.3 is 0 Å². The molecule has 1 amide bonds. The van der Waals surface area contributed by atoms with Gasteiger partial charge < -0.3 is 19.4 Å². The van der Waals surface area contributed by atoms with Gasteiger partial charge in [-0.3, -0.25) is 4.79 Å². The van der Waals surface area contributed by atoms with Crippen LogP contribution in [0.3, 0.4) is 0 Å². The molecule has 0 bridgehead atoms. The van der Waals surface area contributed by atoms with Crippen molar-refractivity contribution >= 4 is 16.9 Å². The van der Waals surface area contributed by atoms with Gasteiger partial charge in [-0.2, -0.15) is 0 Å². The highest BCUT2D eigenvalue weighted by atomic mass is 16.5. The lowest BCUT2D eigenvalue weighted by molar-refractivity contribution is -0.124. The number of aromatic nitrogens is 2. The molecule has 3 rings (SSSR count). The number of hydrogen-bond donors (Lipinski definition) is 1. The number of carbonyl (C=O) groups is 1. The molecule has 1 heterocycles. The number of carbonyl (C=O) groups excluding carboxylic acids is 1. The van der Waals surface area contributed by atoms with E-state index in [-0.39, 0.29) is 12.5 Å². The summed E-state index contributed by atoms with van der Waals surface area (Å²) in [4.78, 5) is 16.3. The van der Waals surface area contributed by atoms with Gasteiger partial charge in [0.2, 0.25) is 5.91 Å². The maximum atomic E-state index is 11.4. The van der Waals surface area contributed by atoms with Crippen molar-refractivity contribution in [1.82, 2.24) is 14.9 Å². The first-order chi connectivity index (χ1) is 15.7. The summed E-state index contributed by atoms with van der Waals surface area (Å²) in [5.41, 5.74) is 3.55. The molecule has 1 aromatic heterocycles. The number of rotatable bonds is 14. The van der Waals surface area contributed by atoms with E-state index in [0.717, 1.165) is 62.2 Å². The van der Waals surface area contributed by atoms with Crippen LogP contribution in [-0.2, 0) is 28.9 Å². The molecule has 0 spiro atoms. The fourth-order valence-electron chi connectivity index (χ4n) is 3.79. The zero-order chi connectivity index (χ0) is 22.6. The van der Waals surface area contributed by atoms with E-state index >= 15 is 0 Å². The molecular weight excluding hydrogens is 402 g/mol. The number of nitrogens with zero attached hydrogens (tertiary/aromatic N) is 2. The number of ether oxygens (including phenoxy) is 2. The molecule has 172 valence electrons. The van der Waals surface area contributed by atoms with Crippen molar-refractivity contribution in [2.75, 3.05) is 26.9 Å². The van der Waals surface area contributed by atoms with Gasteiger partial charge in [-0.1, -0.05) is 37.6 Å². The van der Waals surface area contributed by atoms with E-state index in [9.17, 15) is 4.79 Å². The van der Waals surface area contributed by atoms with Gasteiger partial charge in [-0.25, -0.2) is 4.98 Å². The molecule has 0 atom stereocenters. The Hall–Kier alpha value is -2.86. The highest BCUT2D eigenvalue weighted by Gasteiger charge is 2.10. The normalized spacial score (nSPS) is 11.1. The number of benzene rings is 2. The van der Waals surface area contributed by atoms with Crippen LogP contribution in [0.25, 0.3) is 11.0 Å². The standard InChI is InChI=1S/C26H35N3O3/c1-3-21-13-15-22(16-14-21)32-19-9-18-29-24-11-7-6-10-23(24)28-25(29)12-5-4-8-17-27-26(30)20-31-2/h6-7,10-11,13-16H,3-5,8-9,12,17-20H2,1-2H3,(H,27,30). The summed E-state index contributed by atoms with van der Waals surface area (Å²) in [5, 5.41) is 2.87. The van der Waals surface area contributed by atoms with Crippen LogP contribution in [0.1, 0.15) is 44.0 Å². The third kappa shape index (κ3) is 7.09. The molecule has 0 unspecified atom stereocenters. The Bertz CT molecular complexity index is 966. The predicted octanol–water partition coefficient (Wildman–Crippen LogP) is 4.54. The fraction of sp³-hybridized carbons (Fsp3) is 0.462. The number of para-hydroxylation sites is 2. The minimum atomic E-state index is -0.0576. The summed E-state index contributed by atoms with van der Waals surface area (Å²) < 4.78 is 13.1. The third-order valence-corrected chi connectivity index (χ3v) is 5.53. The van der Waals surface area contributed by atoms with Gasteiger partial charge in [0.1, 0.15) is 18.2 Å². The van der Waals surface area contributed by atoms with E-state index < -0.39 is 0 Å². The van der Waals surface area contributed by atoms with Crippen LogP contribution in [0, 0.1) is 0 Å².